The number of guanidine groups is 1. The number of rotatable bonds is 10. The number of sulfonamides is 1. The Morgan fingerprint density at radius 2 is 1.86 bits per heavy atom. The first-order chi connectivity index (χ1) is 13.4. The van der Waals surface area contributed by atoms with Gasteiger partial charge in [-0.25, -0.2) is 13.1 Å². The van der Waals surface area contributed by atoms with Gasteiger partial charge in [0.2, 0.25) is 10.0 Å². The van der Waals surface area contributed by atoms with Crippen LogP contribution in [0.15, 0.2) is 47.7 Å². The van der Waals surface area contributed by atoms with Gasteiger partial charge in [-0.05, 0) is 37.5 Å². The molecule has 162 valence electrons. The minimum Gasteiger partial charge on any atom is -0.356 e. The molecule has 2 aromatic rings. The lowest BCUT2D eigenvalue weighted by Crippen LogP contribution is -2.37. The number of benzene rings is 1. The van der Waals surface area contributed by atoms with E-state index in [1.54, 1.807) is 13.2 Å². The van der Waals surface area contributed by atoms with Crippen LogP contribution in [0, 0.1) is 0 Å². The SMILES string of the molecule is CN=C(NCCCn1cccn1)NCc1ccc(CS(=O)(=O)NC(C)C)cc1.I. The summed E-state index contributed by atoms with van der Waals surface area (Å²) in [6, 6.07) is 9.35. The van der Waals surface area contributed by atoms with Gasteiger partial charge in [0, 0.05) is 45.1 Å². The van der Waals surface area contributed by atoms with Crippen molar-refractivity contribution in [2.45, 2.75) is 45.2 Å². The summed E-state index contributed by atoms with van der Waals surface area (Å²) in [6.45, 7) is 5.87. The number of nitrogens with one attached hydrogen (secondary N) is 3. The van der Waals surface area contributed by atoms with Crippen LogP contribution < -0.4 is 15.4 Å². The second kappa shape index (κ2) is 12.8. The zero-order valence-corrected chi connectivity index (χ0v) is 20.3. The lowest BCUT2D eigenvalue weighted by atomic mass is 10.1. The van der Waals surface area contributed by atoms with Crippen LogP contribution in [0.5, 0.6) is 0 Å². The predicted molar refractivity (Wildman–Crippen MR) is 128 cm³/mol. The monoisotopic (exact) mass is 534 g/mol. The molecule has 0 unspecified atom stereocenters. The molecule has 1 aromatic carbocycles. The number of hydrogen-bond acceptors (Lipinski definition) is 4. The maximum atomic E-state index is 12.0. The molecule has 29 heavy (non-hydrogen) atoms. The number of halogens is 1. The molecular weight excluding hydrogens is 503 g/mol. The standard InChI is InChI=1S/C19H30N6O2S.HI/c1-16(2)24-28(26,27)15-18-8-6-17(7-9-18)14-22-19(20-3)21-10-4-12-25-13-5-11-23-25;/h5-9,11,13,16,24H,4,10,12,14-15H2,1-3H3,(H2,20,21,22);1H. The fourth-order valence-electron chi connectivity index (χ4n) is 2.66. The molecule has 0 saturated carbocycles. The molecule has 1 aromatic heterocycles. The number of aromatic nitrogens is 2. The second-order valence-electron chi connectivity index (χ2n) is 6.82. The second-order valence-corrected chi connectivity index (χ2v) is 8.58. The first kappa shape index (κ1) is 25.4. The van der Waals surface area contributed by atoms with Gasteiger partial charge in [-0.1, -0.05) is 24.3 Å². The third-order valence-electron chi connectivity index (χ3n) is 3.89. The molecule has 0 atom stereocenters. The molecule has 0 saturated heterocycles. The van der Waals surface area contributed by atoms with Crippen molar-refractivity contribution in [2.24, 2.45) is 4.99 Å². The summed E-state index contributed by atoms with van der Waals surface area (Å²) in [7, 11) is -1.57. The van der Waals surface area contributed by atoms with Crippen LogP contribution >= 0.6 is 24.0 Å². The molecule has 8 nitrogen and oxygen atoms in total. The summed E-state index contributed by atoms with van der Waals surface area (Å²) in [5.74, 6) is 0.714. The minimum atomic E-state index is -3.31. The Labute approximate surface area is 190 Å². The lowest BCUT2D eigenvalue weighted by Gasteiger charge is -2.13. The van der Waals surface area contributed by atoms with Gasteiger partial charge >= 0.3 is 0 Å². The molecule has 2 rings (SSSR count). The van der Waals surface area contributed by atoms with Gasteiger partial charge in [0.15, 0.2) is 5.96 Å². The first-order valence-electron chi connectivity index (χ1n) is 9.38. The van der Waals surface area contributed by atoms with Crippen LogP contribution in [0.25, 0.3) is 0 Å². The van der Waals surface area contributed by atoms with Crippen molar-refractivity contribution in [1.82, 2.24) is 25.1 Å². The predicted octanol–water partition coefficient (Wildman–Crippen LogP) is 2.08. The Morgan fingerprint density at radius 3 is 2.45 bits per heavy atom. The van der Waals surface area contributed by atoms with Crippen LogP contribution in [-0.2, 0) is 28.9 Å². The summed E-state index contributed by atoms with van der Waals surface area (Å²) in [5.41, 5.74) is 1.82. The van der Waals surface area contributed by atoms with E-state index in [4.69, 9.17) is 0 Å². The highest BCUT2D eigenvalue weighted by Gasteiger charge is 2.12. The van der Waals surface area contributed by atoms with E-state index < -0.39 is 10.0 Å². The van der Waals surface area contributed by atoms with Crippen LogP contribution in [-0.4, -0.2) is 43.8 Å². The van der Waals surface area contributed by atoms with E-state index in [2.05, 4.69) is 25.4 Å². The molecule has 3 N–H and O–H groups in total. The third-order valence-corrected chi connectivity index (χ3v) is 5.44. The highest BCUT2D eigenvalue weighted by molar-refractivity contribution is 14.0. The Bertz CT molecular complexity index is 836. The third kappa shape index (κ3) is 10.1. The van der Waals surface area contributed by atoms with Gasteiger partial charge in [-0.2, -0.15) is 5.10 Å². The van der Waals surface area contributed by atoms with E-state index in [-0.39, 0.29) is 35.8 Å². The highest BCUT2D eigenvalue weighted by atomic mass is 127. The normalized spacial score (nSPS) is 11.9. The average Bonchev–Trinajstić information content (AvgIpc) is 3.14. The first-order valence-corrected chi connectivity index (χ1v) is 11.0. The zero-order valence-electron chi connectivity index (χ0n) is 17.1. The van der Waals surface area contributed by atoms with Crippen molar-refractivity contribution < 1.29 is 8.42 Å². The van der Waals surface area contributed by atoms with E-state index in [0.29, 0.717) is 6.54 Å². The van der Waals surface area contributed by atoms with Crippen molar-refractivity contribution >= 4 is 40.0 Å². The van der Waals surface area contributed by atoms with Crippen molar-refractivity contribution in [3.05, 3.63) is 53.9 Å². The average molecular weight is 534 g/mol. The van der Waals surface area contributed by atoms with Crippen LogP contribution in [0.4, 0.5) is 0 Å². The number of hydrogen-bond donors (Lipinski definition) is 3. The maximum Gasteiger partial charge on any atom is 0.216 e. The summed E-state index contributed by atoms with van der Waals surface area (Å²) in [6.07, 6.45) is 4.66. The fraction of sp³-hybridized carbons (Fsp3) is 0.474. The van der Waals surface area contributed by atoms with Gasteiger partial charge in [0.25, 0.3) is 0 Å². The number of nitrogens with zero attached hydrogens (tertiary/aromatic N) is 3. The van der Waals surface area contributed by atoms with E-state index in [0.717, 1.165) is 36.6 Å². The van der Waals surface area contributed by atoms with Gasteiger partial charge in [-0.15, -0.1) is 24.0 Å². The molecule has 0 aliphatic carbocycles. The van der Waals surface area contributed by atoms with Gasteiger partial charge < -0.3 is 10.6 Å². The Morgan fingerprint density at radius 1 is 1.17 bits per heavy atom. The van der Waals surface area contributed by atoms with Crippen molar-refractivity contribution in [2.75, 3.05) is 13.6 Å². The van der Waals surface area contributed by atoms with Crippen molar-refractivity contribution in [3.63, 3.8) is 0 Å². The van der Waals surface area contributed by atoms with Gasteiger partial charge in [0.05, 0.1) is 5.75 Å². The van der Waals surface area contributed by atoms with E-state index >= 15 is 0 Å². The quantitative estimate of drug-likeness (QED) is 0.188. The largest absolute Gasteiger partial charge is 0.356 e. The minimum absolute atomic E-state index is 0. The zero-order chi connectivity index (χ0) is 20.4. The molecule has 0 fully saturated rings. The Hall–Kier alpha value is -1.66. The van der Waals surface area contributed by atoms with E-state index in [9.17, 15) is 8.42 Å². The van der Waals surface area contributed by atoms with Crippen molar-refractivity contribution in [1.29, 1.82) is 0 Å². The number of aliphatic imine (C=N–C) groups is 1. The number of aryl methyl sites for hydroxylation is 1. The summed E-state index contributed by atoms with van der Waals surface area (Å²) in [5, 5.41) is 10.7. The molecule has 0 radical (unpaired) electrons. The smallest absolute Gasteiger partial charge is 0.216 e. The van der Waals surface area contributed by atoms with Crippen molar-refractivity contribution in [3.8, 4) is 0 Å². The highest BCUT2D eigenvalue weighted by Crippen LogP contribution is 2.08. The summed E-state index contributed by atoms with van der Waals surface area (Å²) >= 11 is 0. The van der Waals surface area contributed by atoms with Gasteiger partial charge in [-0.3, -0.25) is 9.67 Å². The molecule has 1 heterocycles. The van der Waals surface area contributed by atoms with Gasteiger partial charge in [0.1, 0.15) is 0 Å². The Balaban J connectivity index is 0.00000420. The molecule has 10 heteroatoms. The molecule has 0 spiro atoms. The molecule has 0 aliphatic heterocycles. The maximum absolute atomic E-state index is 12.0. The van der Waals surface area contributed by atoms with Crippen LogP contribution in [0.2, 0.25) is 0 Å². The summed E-state index contributed by atoms with van der Waals surface area (Å²) in [4.78, 5) is 4.22. The molecular formula is C19H31IN6O2S. The topological polar surface area (TPSA) is 100 Å². The molecule has 0 bridgehead atoms. The fourth-order valence-corrected chi connectivity index (χ4v) is 4.09. The molecule has 0 amide bonds. The lowest BCUT2D eigenvalue weighted by molar-refractivity contribution is 0.569. The molecule has 0 aliphatic rings. The van der Waals surface area contributed by atoms with E-state index in [1.165, 1.54) is 0 Å². The van der Waals surface area contributed by atoms with Crippen LogP contribution in [0.3, 0.4) is 0 Å². The Kier molecular flexibility index (Phi) is 11.2. The summed E-state index contributed by atoms with van der Waals surface area (Å²) < 4.78 is 28.5. The van der Waals surface area contributed by atoms with Crippen LogP contribution in [0.1, 0.15) is 31.4 Å². The van der Waals surface area contributed by atoms with E-state index in [1.807, 2.05) is 55.1 Å².